The molecule has 2 fully saturated rings. The zero-order valence-electron chi connectivity index (χ0n) is 13.3. The van der Waals surface area contributed by atoms with E-state index in [-0.39, 0.29) is 11.9 Å². The van der Waals surface area contributed by atoms with Crippen molar-refractivity contribution in [1.82, 2.24) is 9.97 Å². The molecule has 1 saturated heterocycles. The molecule has 1 saturated carbocycles. The number of ether oxygens (including phenoxy) is 3. The minimum atomic E-state index is -0.354. The molecule has 2 aromatic rings. The van der Waals surface area contributed by atoms with E-state index in [1.54, 1.807) is 12.4 Å². The predicted molar refractivity (Wildman–Crippen MR) is 90.0 cm³/mol. The Kier molecular flexibility index (Phi) is 4.39. The van der Waals surface area contributed by atoms with Crippen LogP contribution in [0, 0.1) is 0 Å². The van der Waals surface area contributed by atoms with Crippen LogP contribution in [0.4, 0.5) is 0 Å². The number of benzene rings is 1. The van der Waals surface area contributed by atoms with Crippen LogP contribution in [0.1, 0.15) is 25.7 Å². The molecule has 2 heterocycles. The summed E-state index contributed by atoms with van der Waals surface area (Å²) in [6.45, 7) is 1.40. The average Bonchev–Trinajstić information content (AvgIpc) is 3.06. The van der Waals surface area contributed by atoms with Gasteiger partial charge >= 0.3 is 0 Å². The standard InChI is InChI=1S/C18H19ClN2O3/c19-14-3-1-2-13(10-14)17-20-11-16(12-21-17)24-15-4-6-18(7-5-15)22-8-9-23-18/h1-3,10-12,15H,4-9H2. The van der Waals surface area contributed by atoms with Crippen molar-refractivity contribution in [3.8, 4) is 17.1 Å². The molecule has 126 valence electrons. The fourth-order valence-electron chi connectivity index (χ4n) is 3.28. The van der Waals surface area contributed by atoms with Crippen molar-refractivity contribution >= 4 is 11.6 Å². The van der Waals surface area contributed by atoms with E-state index >= 15 is 0 Å². The highest BCUT2D eigenvalue weighted by molar-refractivity contribution is 6.30. The molecule has 1 aromatic carbocycles. The normalized spacial score (nSPS) is 20.4. The van der Waals surface area contributed by atoms with Crippen LogP contribution in [0.15, 0.2) is 36.7 Å². The third-order valence-electron chi connectivity index (χ3n) is 4.52. The highest BCUT2D eigenvalue weighted by Crippen LogP contribution is 2.37. The highest BCUT2D eigenvalue weighted by atomic mass is 35.5. The second kappa shape index (κ2) is 6.67. The van der Waals surface area contributed by atoms with Gasteiger partial charge in [0, 0.05) is 23.4 Å². The van der Waals surface area contributed by atoms with Crippen molar-refractivity contribution in [1.29, 1.82) is 0 Å². The summed E-state index contributed by atoms with van der Waals surface area (Å²) in [7, 11) is 0. The van der Waals surface area contributed by atoms with Gasteiger partial charge in [-0.1, -0.05) is 23.7 Å². The lowest BCUT2D eigenvalue weighted by molar-refractivity contribution is -0.186. The summed E-state index contributed by atoms with van der Waals surface area (Å²) in [5, 5.41) is 0.670. The van der Waals surface area contributed by atoms with Gasteiger partial charge in [0.1, 0.15) is 0 Å². The van der Waals surface area contributed by atoms with Gasteiger partial charge < -0.3 is 14.2 Å². The first-order valence-corrected chi connectivity index (χ1v) is 8.63. The summed E-state index contributed by atoms with van der Waals surface area (Å²) in [5.41, 5.74) is 0.893. The molecule has 1 aliphatic carbocycles. The molecular formula is C18H19ClN2O3. The Bertz CT molecular complexity index is 692. The van der Waals surface area contributed by atoms with E-state index in [1.165, 1.54) is 0 Å². The summed E-state index contributed by atoms with van der Waals surface area (Å²) in [4.78, 5) is 8.76. The Hall–Kier alpha value is -1.69. The van der Waals surface area contributed by atoms with Gasteiger partial charge in [-0.2, -0.15) is 0 Å². The van der Waals surface area contributed by atoms with Crippen molar-refractivity contribution in [2.24, 2.45) is 0 Å². The third kappa shape index (κ3) is 3.38. The second-order valence-electron chi connectivity index (χ2n) is 6.18. The van der Waals surface area contributed by atoms with Gasteiger partial charge in [0.05, 0.1) is 31.7 Å². The van der Waals surface area contributed by atoms with Crippen molar-refractivity contribution in [2.45, 2.75) is 37.6 Å². The van der Waals surface area contributed by atoms with E-state index < -0.39 is 0 Å². The number of halogens is 1. The van der Waals surface area contributed by atoms with Crippen LogP contribution < -0.4 is 4.74 Å². The van der Waals surface area contributed by atoms with Crippen LogP contribution in [0.5, 0.6) is 5.75 Å². The van der Waals surface area contributed by atoms with Crippen molar-refractivity contribution in [3.05, 3.63) is 41.7 Å². The Morgan fingerprint density at radius 3 is 2.46 bits per heavy atom. The van der Waals surface area contributed by atoms with E-state index in [0.29, 0.717) is 29.8 Å². The maximum atomic E-state index is 6.01. The van der Waals surface area contributed by atoms with Gasteiger partial charge in [-0.15, -0.1) is 0 Å². The molecule has 1 aromatic heterocycles. The zero-order chi connectivity index (χ0) is 16.4. The summed E-state index contributed by atoms with van der Waals surface area (Å²) < 4.78 is 17.5. The van der Waals surface area contributed by atoms with Crippen LogP contribution in [0.25, 0.3) is 11.4 Å². The van der Waals surface area contributed by atoms with Crippen molar-refractivity contribution < 1.29 is 14.2 Å². The largest absolute Gasteiger partial charge is 0.487 e. The number of rotatable bonds is 3. The molecule has 4 rings (SSSR count). The lowest BCUT2D eigenvalue weighted by atomic mass is 9.92. The van der Waals surface area contributed by atoms with Crippen LogP contribution >= 0.6 is 11.6 Å². The van der Waals surface area contributed by atoms with E-state index in [1.807, 2.05) is 24.3 Å². The van der Waals surface area contributed by atoms with E-state index in [4.69, 9.17) is 25.8 Å². The summed E-state index contributed by atoms with van der Waals surface area (Å²) in [6, 6.07) is 7.50. The lowest BCUT2D eigenvalue weighted by Gasteiger charge is -2.35. The zero-order valence-corrected chi connectivity index (χ0v) is 14.0. The molecule has 0 bridgehead atoms. The molecule has 6 heteroatoms. The molecule has 24 heavy (non-hydrogen) atoms. The molecular weight excluding hydrogens is 328 g/mol. The molecule has 1 spiro atoms. The number of nitrogens with zero attached hydrogens (tertiary/aromatic N) is 2. The molecule has 5 nitrogen and oxygen atoms in total. The first-order valence-electron chi connectivity index (χ1n) is 8.25. The predicted octanol–water partition coefficient (Wildman–Crippen LogP) is 3.86. The molecule has 0 N–H and O–H groups in total. The van der Waals surface area contributed by atoms with Gasteiger partial charge in [0.2, 0.25) is 0 Å². The summed E-state index contributed by atoms with van der Waals surface area (Å²) >= 11 is 6.01. The summed E-state index contributed by atoms with van der Waals surface area (Å²) in [5.74, 6) is 0.975. The van der Waals surface area contributed by atoms with E-state index in [2.05, 4.69) is 9.97 Å². The van der Waals surface area contributed by atoms with Crippen LogP contribution in [-0.2, 0) is 9.47 Å². The Morgan fingerprint density at radius 1 is 1.08 bits per heavy atom. The first-order chi connectivity index (χ1) is 11.7. The van der Waals surface area contributed by atoms with Crippen LogP contribution in [-0.4, -0.2) is 35.1 Å². The minimum absolute atomic E-state index is 0.157. The maximum absolute atomic E-state index is 6.01. The lowest BCUT2D eigenvalue weighted by Crippen LogP contribution is -2.38. The topological polar surface area (TPSA) is 53.5 Å². The summed E-state index contributed by atoms with van der Waals surface area (Å²) in [6.07, 6.45) is 7.17. The molecule has 0 amide bonds. The van der Waals surface area contributed by atoms with Gasteiger partial charge in [0.25, 0.3) is 0 Å². The van der Waals surface area contributed by atoms with Crippen molar-refractivity contribution in [3.63, 3.8) is 0 Å². The molecule has 1 aliphatic heterocycles. The van der Waals surface area contributed by atoms with Crippen LogP contribution in [0.2, 0.25) is 5.02 Å². The molecule has 2 aliphatic rings. The fourth-order valence-corrected chi connectivity index (χ4v) is 3.47. The Balaban J connectivity index is 1.37. The second-order valence-corrected chi connectivity index (χ2v) is 6.61. The van der Waals surface area contributed by atoms with Gasteiger partial charge in [-0.3, -0.25) is 0 Å². The number of hydrogen-bond acceptors (Lipinski definition) is 5. The smallest absolute Gasteiger partial charge is 0.168 e. The van der Waals surface area contributed by atoms with E-state index in [0.717, 1.165) is 31.2 Å². The quantitative estimate of drug-likeness (QED) is 0.844. The molecule has 0 radical (unpaired) electrons. The fraction of sp³-hybridized carbons (Fsp3) is 0.444. The highest BCUT2D eigenvalue weighted by Gasteiger charge is 2.40. The van der Waals surface area contributed by atoms with Gasteiger partial charge in [-0.25, -0.2) is 9.97 Å². The monoisotopic (exact) mass is 346 g/mol. The first kappa shape index (κ1) is 15.8. The van der Waals surface area contributed by atoms with E-state index in [9.17, 15) is 0 Å². The minimum Gasteiger partial charge on any atom is -0.487 e. The number of aromatic nitrogens is 2. The Morgan fingerprint density at radius 2 is 1.79 bits per heavy atom. The van der Waals surface area contributed by atoms with Crippen LogP contribution in [0.3, 0.4) is 0 Å². The third-order valence-corrected chi connectivity index (χ3v) is 4.76. The SMILES string of the molecule is Clc1cccc(-c2ncc(OC3CCC4(CC3)OCCO4)cn2)c1. The Labute approximate surface area is 145 Å². The number of hydrogen-bond donors (Lipinski definition) is 0. The molecule has 0 atom stereocenters. The van der Waals surface area contributed by atoms with Crippen molar-refractivity contribution in [2.75, 3.05) is 13.2 Å². The maximum Gasteiger partial charge on any atom is 0.168 e. The molecule has 0 unspecified atom stereocenters. The van der Waals surface area contributed by atoms with Gasteiger partial charge in [0.15, 0.2) is 17.4 Å². The average molecular weight is 347 g/mol. The van der Waals surface area contributed by atoms with Gasteiger partial charge in [-0.05, 0) is 25.0 Å².